The summed E-state index contributed by atoms with van der Waals surface area (Å²) >= 11 is 5.76. The largest absolute Gasteiger partial charge is 0.373 e. The van der Waals surface area contributed by atoms with Crippen LogP contribution in [0.25, 0.3) is 6.08 Å². The summed E-state index contributed by atoms with van der Waals surface area (Å²) < 4.78 is 0. The summed E-state index contributed by atoms with van der Waals surface area (Å²) in [6.45, 7) is 2.61. The van der Waals surface area contributed by atoms with Gasteiger partial charge in [0.25, 0.3) is 11.8 Å². The molecule has 1 aliphatic rings. The number of imide groups is 2. The van der Waals surface area contributed by atoms with Crippen LogP contribution in [0.1, 0.15) is 11.1 Å². The first-order valence-electron chi connectivity index (χ1n) is 8.76. The summed E-state index contributed by atoms with van der Waals surface area (Å²) in [6.07, 6.45) is 1.48. The lowest BCUT2D eigenvalue weighted by Crippen LogP contribution is -2.54. The molecule has 144 valence electrons. The Morgan fingerprint density at radius 2 is 1.68 bits per heavy atom. The number of nitrogens with one attached hydrogen (secondary N) is 1. The van der Waals surface area contributed by atoms with E-state index >= 15 is 0 Å². The molecule has 28 heavy (non-hydrogen) atoms. The number of halogens is 1. The summed E-state index contributed by atoms with van der Waals surface area (Å²) in [5, 5.41) is 2.23. The van der Waals surface area contributed by atoms with Gasteiger partial charge in [0.15, 0.2) is 0 Å². The number of barbiturate groups is 1. The Kier molecular flexibility index (Phi) is 5.80. The van der Waals surface area contributed by atoms with E-state index in [1.54, 1.807) is 36.4 Å². The zero-order valence-corrected chi connectivity index (χ0v) is 16.4. The van der Waals surface area contributed by atoms with E-state index in [2.05, 4.69) is 5.32 Å². The van der Waals surface area contributed by atoms with E-state index in [1.165, 1.54) is 6.08 Å². The Morgan fingerprint density at radius 3 is 2.29 bits per heavy atom. The van der Waals surface area contributed by atoms with Crippen LogP contribution in [-0.2, 0) is 9.59 Å². The summed E-state index contributed by atoms with van der Waals surface area (Å²) in [7, 11) is 1.93. The van der Waals surface area contributed by atoms with Crippen LogP contribution in [0.2, 0.25) is 0 Å². The summed E-state index contributed by atoms with van der Waals surface area (Å²) in [5.74, 6) is -0.845. The molecule has 0 saturated carbocycles. The van der Waals surface area contributed by atoms with Crippen molar-refractivity contribution in [1.82, 2.24) is 5.32 Å². The maximum absolute atomic E-state index is 12.8. The molecule has 2 aromatic rings. The SMILES string of the molecule is Cc1ccc(N2C(=O)NC(=O)/C(=C\c3ccc(N(C)CCCl)cc3)C2=O)cc1. The quantitative estimate of drug-likeness (QED) is 0.477. The second-order valence-electron chi connectivity index (χ2n) is 6.50. The van der Waals surface area contributed by atoms with Gasteiger partial charge in [-0.05, 0) is 42.8 Å². The van der Waals surface area contributed by atoms with E-state index < -0.39 is 17.8 Å². The number of amides is 4. The topological polar surface area (TPSA) is 69.7 Å². The smallest absolute Gasteiger partial charge is 0.335 e. The minimum Gasteiger partial charge on any atom is -0.373 e. The molecule has 0 radical (unpaired) electrons. The van der Waals surface area contributed by atoms with Gasteiger partial charge >= 0.3 is 6.03 Å². The number of nitrogens with zero attached hydrogens (tertiary/aromatic N) is 2. The predicted octanol–water partition coefficient (Wildman–Crippen LogP) is 3.34. The second-order valence-corrected chi connectivity index (χ2v) is 6.87. The maximum atomic E-state index is 12.8. The standard InChI is InChI=1S/C21H20ClN3O3/c1-14-3-7-17(8-4-14)25-20(27)18(19(26)23-21(25)28)13-15-5-9-16(10-6-15)24(2)12-11-22/h3-10,13H,11-12H2,1-2H3,(H,23,26,28)/b18-13+. The number of aryl methyl sites for hydroxylation is 1. The van der Waals surface area contributed by atoms with Crippen LogP contribution in [0.15, 0.2) is 54.1 Å². The maximum Gasteiger partial charge on any atom is 0.335 e. The van der Waals surface area contributed by atoms with Gasteiger partial charge in [-0.2, -0.15) is 0 Å². The van der Waals surface area contributed by atoms with Crippen LogP contribution in [0.5, 0.6) is 0 Å². The number of alkyl halides is 1. The monoisotopic (exact) mass is 397 g/mol. The average molecular weight is 398 g/mol. The molecule has 4 amide bonds. The first-order chi connectivity index (χ1) is 13.4. The molecule has 0 bridgehead atoms. The van der Waals surface area contributed by atoms with E-state index in [1.807, 2.05) is 31.0 Å². The fourth-order valence-electron chi connectivity index (χ4n) is 2.83. The molecule has 0 unspecified atom stereocenters. The van der Waals surface area contributed by atoms with Crippen molar-refractivity contribution in [3.05, 3.63) is 65.2 Å². The summed E-state index contributed by atoms with van der Waals surface area (Å²) in [6, 6.07) is 13.6. The highest BCUT2D eigenvalue weighted by molar-refractivity contribution is 6.39. The Hall–Kier alpha value is -3.12. The van der Waals surface area contributed by atoms with Crippen molar-refractivity contribution in [2.24, 2.45) is 0 Å². The molecule has 0 aromatic heterocycles. The number of rotatable bonds is 5. The van der Waals surface area contributed by atoms with Crippen LogP contribution in [-0.4, -0.2) is 37.3 Å². The Bertz CT molecular complexity index is 936. The molecule has 2 aromatic carbocycles. The lowest BCUT2D eigenvalue weighted by atomic mass is 10.1. The predicted molar refractivity (Wildman–Crippen MR) is 111 cm³/mol. The molecule has 1 N–H and O–H groups in total. The number of benzene rings is 2. The molecule has 1 aliphatic heterocycles. The Labute approximate surface area is 168 Å². The molecule has 3 rings (SSSR count). The van der Waals surface area contributed by atoms with Crippen LogP contribution < -0.4 is 15.1 Å². The fraction of sp³-hybridized carbons (Fsp3) is 0.190. The van der Waals surface area contributed by atoms with Gasteiger partial charge in [-0.3, -0.25) is 14.9 Å². The van der Waals surface area contributed by atoms with E-state index in [4.69, 9.17) is 11.6 Å². The van der Waals surface area contributed by atoms with Crippen molar-refractivity contribution in [3.63, 3.8) is 0 Å². The van der Waals surface area contributed by atoms with Gasteiger partial charge in [-0.25, -0.2) is 9.69 Å². The van der Waals surface area contributed by atoms with Gasteiger partial charge in [0.2, 0.25) is 0 Å². The first-order valence-corrected chi connectivity index (χ1v) is 9.29. The van der Waals surface area contributed by atoms with E-state index in [-0.39, 0.29) is 5.57 Å². The third kappa shape index (κ3) is 4.07. The van der Waals surface area contributed by atoms with Crippen LogP contribution in [0.4, 0.5) is 16.2 Å². The second kappa shape index (κ2) is 8.27. The van der Waals surface area contributed by atoms with Crippen molar-refractivity contribution in [1.29, 1.82) is 0 Å². The first kappa shape index (κ1) is 19.6. The number of urea groups is 1. The van der Waals surface area contributed by atoms with Crippen molar-refractivity contribution in [3.8, 4) is 0 Å². The molecular weight excluding hydrogens is 378 g/mol. The average Bonchev–Trinajstić information content (AvgIpc) is 2.67. The van der Waals surface area contributed by atoms with Gasteiger partial charge in [-0.1, -0.05) is 29.8 Å². The van der Waals surface area contributed by atoms with E-state index in [0.717, 1.165) is 16.2 Å². The summed E-state index contributed by atoms with van der Waals surface area (Å²) in [5.41, 5.74) is 2.96. The highest BCUT2D eigenvalue weighted by Gasteiger charge is 2.36. The van der Waals surface area contributed by atoms with Crippen LogP contribution >= 0.6 is 11.6 Å². The molecule has 7 heteroatoms. The van der Waals surface area contributed by atoms with Crippen molar-refractivity contribution in [2.45, 2.75) is 6.92 Å². The number of hydrogen-bond donors (Lipinski definition) is 1. The molecule has 0 aliphatic carbocycles. The van der Waals surface area contributed by atoms with Crippen molar-refractivity contribution in [2.75, 3.05) is 29.3 Å². The van der Waals surface area contributed by atoms with Gasteiger partial charge in [0.1, 0.15) is 5.57 Å². The molecule has 1 heterocycles. The van der Waals surface area contributed by atoms with Crippen molar-refractivity contribution < 1.29 is 14.4 Å². The number of carbonyl (C=O) groups is 3. The Morgan fingerprint density at radius 1 is 1.04 bits per heavy atom. The molecular formula is C21H20ClN3O3. The minimum absolute atomic E-state index is 0.0953. The highest BCUT2D eigenvalue weighted by atomic mass is 35.5. The fourth-order valence-corrected chi connectivity index (χ4v) is 3.09. The zero-order valence-electron chi connectivity index (χ0n) is 15.6. The molecule has 1 fully saturated rings. The molecule has 6 nitrogen and oxygen atoms in total. The van der Waals surface area contributed by atoms with Crippen molar-refractivity contribution >= 4 is 46.9 Å². The number of anilines is 2. The van der Waals surface area contributed by atoms with Crippen LogP contribution in [0, 0.1) is 6.92 Å². The van der Waals surface area contributed by atoms with E-state index in [9.17, 15) is 14.4 Å². The van der Waals surface area contributed by atoms with Gasteiger partial charge in [0.05, 0.1) is 5.69 Å². The van der Waals surface area contributed by atoms with Crippen LogP contribution in [0.3, 0.4) is 0 Å². The van der Waals surface area contributed by atoms with Gasteiger partial charge in [-0.15, -0.1) is 11.6 Å². The molecule has 1 saturated heterocycles. The number of hydrogen-bond acceptors (Lipinski definition) is 4. The normalized spacial score (nSPS) is 15.8. The lowest BCUT2D eigenvalue weighted by Gasteiger charge is -2.26. The Balaban J connectivity index is 1.89. The molecule has 0 atom stereocenters. The summed E-state index contributed by atoms with van der Waals surface area (Å²) in [4.78, 5) is 40.3. The van der Waals surface area contributed by atoms with E-state index in [0.29, 0.717) is 23.7 Å². The van der Waals surface area contributed by atoms with Gasteiger partial charge < -0.3 is 4.90 Å². The third-order valence-corrected chi connectivity index (χ3v) is 4.63. The minimum atomic E-state index is -0.756. The molecule has 0 spiro atoms. The third-order valence-electron chi connectivity index (χ3n) is 4.46. The number of carbonyl (C=O) groups excluding carboxylic acids is 3. The van der Waals surface area contributed by atoms with Gasteiger partial charge in [0, 0.05) is 25.2 Å². The highest BCUT2D eigenvalue weighted by Crippen LogP contribution is 2.23. The lowest BCUT2D eigenvalue weighted by molar-refractivity contribution is -0.122. The zero-order chi connectivity index (χ0) is 20.3.